The Morgan fingerprint density at radius 2 is 1.75 bits per heavy atom. The van der Waals surface area contributed by atoms with Crippen molar-refractivity contribution in [2.75, 3.05) is 26.7 Å². The summed E-state index contributed by atoms with van der Waals surface area (Å²) in [7, 11) is -1.85. The molecule has 3 N–H and O–H groups in total. The van der Waals surface area contributed by atoms with Crippen LogP contribution in [0.25, 0.3) is 0 Å². The minimum absolute atomic E-state index is 0.243. The third-order valence-electron chi connectivity index (χ3n) is 3.98. The summed E-state index contributed by atoms with van der Waals surface area (Å²) in [5, 5.41) is 6.30. The van der Waals surface area contributed by atoms with Crippen molar-refractivity contribution in [1.82, 2.24) is 15.4 Å². The van der Waals surface area contributed by atoms with Crippen molar-refractivity contribution >= 4 is 16.0 Å². The summed E-state index contributed by atoms with van der Waals surface area (Å²) < 4.78 is 32.7. The Kier molecular flexibility index (Phi) is 8.28. The lowest BCUT2D eigenvalue weighted by molar-refractivity contribution is 0.336. The average Bonchev–Trinajstić information content (AvgIpc) is 2.69. The average molecular weight is 405 g/mol. The summed E-state index contributed by atoms with van der Waals surface area (Å²) in [6, 6.07) is 14.6. The van der Waals surface area contributed by atoms with Gasteiger partial charge in [-0.15, -0.1) is 0 Å². The van der Waals surface area contributed by atoms with Crippen molar-refractivity contribution in [2.24, 2.45) is 4.99 Å². The Labute approximate surface area is 167 Å². The molecule has 0 aliphatic rings. The lowest BCUT2D eigenvalue weighted by Gasteiger charge is -2.14. The number of sulfonamides is 1. The van der Waals surface area contributed by atoms with Crippen LogP contribution in [0.4, 0.5) is 0 Å². The van der Waals surface area contributed by atoms with Crippen LogP contribution in [0.2, 0.25) is 0 Å². The first-order valence-electron chi connectivity index (χ1n) is 9.18. The van der Waals surface area contributed by atoms with E-state index in [4.69, 9.17) is 4.74 Å². The Morgan fingerprint density at radius 3 is 2.43 bits per heavy atom. The van der Waals surface area contributed by atoms with E-state index in [0.29, 0.717) is 25.7 Å². The van der Waals surface area contributed by atoms with Crippen LogP contribution in [-0.4, -0.2) is 41.1 Å². The maximum Gasteiger partial charge on any atom is 0.240 e. The zero-order valence-electron chi connectivity index (χ0n) is 16.5. The first-order valence-corrected chi connectivity index (χ1v) is 10.7. The van der Waals surface area contributed by atoms with Crippen LogP contribution in [0.15, 0.2) is 58.4 Å². The Hall–Kier alpha value is -2.58. The molecule has 0 aromatic heterocycles. The molecule has 0 amide bonds. The standard InChI is InChI=1S/C20H28N4O3S/c1-4-27-19-8-6-5-7-17(19)15-23-20(21-3)22-13-14-24-28(25,26)18-11-9-16(2)10-12-18/h5-12,24H,4,13-15H2,1-3H3,(H2,21,22,23). The van der Waals surface area contributed by atoms with Gasteiger partial charge in [-0.25, -0.2) is 13.1 Å². The molecular formula is C20H28N4O3S. The lowest BCUT2D eigenvalue weighted by atomic mass is 10.2. The minimum atomic E-state index is -3.52. The van der Waals surface area contributed by atoms with Gasteiger partial charge in [0.1, 0.15) is 5.75 Å². The highest BCUT2D eigenvalue weighted by atomic mass is 32.2. The van der Waals surface area contributed by atoms with Crippen LogP contribution in [0, 0.1) is 6.92 Å². The van der Waals surface area contributed by atoms with E-state index in [1.165, 1.54) is 0 Å². The number of ether oxygens (including phenoxy) is 1. The third kappa shape index (κ3) is 6.54. The van der Waals surface area contributed by atoms with Crippen molar-refractivity contribution < 1.29 is 13.2 Å². The van der Waals surface area contributed by atoms with Crippen LogP contribution in [0.1, 0.15) is 18.1 Å². The topological polar surface area (TPSA) is 91.8 Å². The molecule has 0 unspecified atom stereocenters. The molecule has 7 nitrogen and oxygen atoms in total. The summed E-state index contributed by atoms with van der Waals surface area (Å²) in [5.74, 6) is 1.42. The summed E-state index contributed by atoms with van der Waals surface area (Å²) in [6.07, 6.45) is 0. The SMILES string of the molecule is CCOc1ccccc1CNC(=NC)NCCNS(=O)(=O)c1ccc(C)cc1. The highest BCUT2D eigenvalue weighted by molar-refractivity contribution is 7.89. The fourth-order valence-electron chi connectivity index (χ4n) is 2.51. The van der Waals surface area contributed by atoms with Gasteiger partial charge >= 0.3 is 0 Å². The number of aliphatic imine (C=N–C) groups is 1. The second kappa shape index (κ2) is 10.7. The quantitative estimate of drug-likeness (QED) is 0.338. The molecule has 0 spiro atoms. The van der Waals surface area contributed by atoms with Gasteiger partial charge in [-0.2, -0.15) is 0 Å². The molecule has 0 saturated carbocycles. The maximum atomic E-state index is 12.3. The Morgan fingerprint density at radius 1 is 1.04 bits per heavy atom. The number of para-hydroxylation sites is 1. The van der Waals surface area contributed by atoms with E-state index in [9.17, 15) is 8.42 Å². The summed E-state index contributed by atoms with van der Waals surface area (Å²) in [4.78, 5) is 4.41. The monoisotopic (exact) mass is 404 g/mol. The van der Waals surface area contributed by atoms with Crippen molar-refractivity contribution in [2.45, 2.75) is 25.3 Å². The van der Waals surface area contributed by atoms with E-state index in [0.717, 1.165) is 16.9 Å². The van der Waals surface area contributed by atoms with Gasteiger partial charge in [0.2, 0.25) is 10.0 Å². The number of rotatable bonds is 9. The molecule has 8 heteroatoms. The van der Waals surface area contributed by atoms with E-state index >= 15 is 0 Å². The summed E-state index contributed by atoms with van der Waals surface area (Å²) in [5.41, 5.74) is 2.04. The molecule has 0 aliphatic carbocycles. The number of hydrogen-bond acceptors (Lipinski definition) is 4. The third-order valence-corrected chi connectivity index (χ3v) is 5.46. The number of benzene rings is 2. The summed E-state index contributed by atoms with van der Waals surface area (Å²) >= 11 is 0. The molecule has 0 bridgehead atoms. The first kappa shape index (κ1) is 21.7. The fraction of sp³-hybridized carbons (Fsp3) is 0.350. The number of nitrogens with one attached hydrogen (secondary N) is 3. The van der Waals surface area contributed by atoms with Gasteiger partial charge in [-0.3, -0.25) is 4.99 Å². The van der Waals surface area contributed by atoms with E-state index in [1.54, 1.807) is 31.3 Å². The van der Waals surface area contributed by atoms with Crippen LogP contribution < -0.4 is 20.1 Å². The zero-order valence-corrected chi connectivity index (χ0v) is 17.3. The molecule has 0 atom stereocenters. The van der Waals surface area contributed by atoms with E-state index in [2.05, 4.69) is 20.3 Å². The molecule has 0 heterocycles. The van der Waals surface area contributed by atoms with Gasteiger partial charge in [-0.05, 0) is 32.0 Å². The highest BCUT2D eigenvalue weighted by Gasteiger charge is 2.12. The van der Waals surface area contributed by atoms with E-state index < -0.39 is 10.0 Å². The smallest absolute Gasteiger partial charge is 0.240 e. The number of nitrogens with zero attached hydrogens (tertiary/aromatic N) is 1. The van der Waals surface area contributed by atoms with E-state index in [-0.39, 0.29) is 11.4 Å². The predicted molar refractivity (Wildman–Crippen MR) is 112 cm³/mol. The maximum absolute atomic E-state index is 12.3. The second-order valence-corrected chi connectivity index (χ2v) is 7.87. The van der Waals surface area contributed by atoms with Crippen LogP contribution in [-0.2, 0) is 16.6 Å². The Bertz CT molecular complexity index is 881. The molecular weight excluding hydrogens is 376 g/mol. The molecule has 0 radical (unpaired) electrons. The van der Waals surface area contributed by atoms with Crippen molar-refractivity contribution in [3.05, 3.63) is 59.7 Å². The highest BCUT2D eigenvalue weighted by Crippen LogP contribution is 2.17. The molecule has 28 heavy (non-hydrogen) atoms. The van der Waals surface area contributed by atoms with Crippen molar-refractivity contribution in [3.63, 3.8) is 0 Å². The number of guanidine groups is 1. The Balaban J connectivity index is 1.80. The van der Waals surface area contributed by atoms with Crippen LogP contribution >= 0.6 is 0 Å². The predicted octanol–water partition coefficient (Wildman–Crippen LogP) is 2.04. The molecule has 2 rings (SSSR count). The normalized spacial score (nSPS) is 11.9. The lowest BCUT2D eigenvalue weighted by Crippen LogP contribution is -2.41. The van der Waals surface area contributed by atoms with Crippen molar-refractivity contribution in [1.29, 1.82) is 0 Å². The first-order chi connectivity index (χ1) is 13.5. The molecule has 2 aromatic carbocycles. The van der Waals surface area contributed by atoms with E-state index in [1.807, 2.05) is 38.1 Å². The molecule has 0 saturated heterocycles. The minimum Gasteiger partial charge on any atom is -0.494 e. The zero-order chi connectivity index (χ0) is 20.4. The van der Waals surface area contributed by atoms with Crippen LogP contribution in [0.5, 0.6) is 5.75 Å². The number of hydrogen-bond donors (Lipinski definition) is 3. The molecule has 2 aromatic rings. The van der Waals surface area contributed by atoms with Gasteiger partial charge < -0.3 is 15.4 Å². The van der Waals surface area contributed by atoms with Gasteiger partial charge in [0, 0.05) is 32.2 Å². The second-order valence-electron chi connectivity index (χ2n) is 6.10. The van der Waals surface area contributed by atoms with Gasteiger partial charge in [0.15, 0.2) is 5.96 Å². The van der Waals surface area contributed by atoms with Gasteiger partial charge in [-0.1, -0.05) is 35.9 Å². The van der Waals surface area contributed by atoms with Gasteiger partial charge in [0.05, 0.1) is 11.5 Å². The molecule has 152 valence electrons. The largest absolute Gasteiger partial charge is 0.494 e. The van der Waals surface area contributed by atoms with Crippen LogP contribution in [0.3, 0.4) is 0 Å². The summed E-state index contributed by atoms with van der Waals surface area (Å²) in [6.45, 7) is 5.65. The fourth-order valence-corrected chi connectivity index (χ4v) is 3.54. The molecule has 0 aliphatic heterocycles. The molecule has 0 fully saturated rings. The number of aryl methyl sites for hydroxylation is 1. The van der Waals surface area contributed by atoms with Gasteiger partial charge in [0.25, 0.3) is 0 Å². The van der Waals surface area contributed by atoms with Crippen molar-refractivity contribution in [3.8, 4) is 5.75 Å².